The maximum absolute atomic E-state index is 4.27. The third kappa shape index (κ3) is 3.20. The van der Waals surface area contributed by atoms with Crippen LogP contribution in [0.5, 0.6) is 0 Å². The van der Waals surface area contributed by atoms with Gasteiger partial charge in [-0.1, -0.05) is 40.1 Å². The van der Waals surface area contributed by atoms with Crippen molar-refractivity contribution in [2.75, 3.05) is 0 Å². The summed E-state index contributed by atoms with van der Waals surface area (Å²) in [7, 11) is 0. The Morgan fingerprint density at radius 1 is 1.35 bits per heavy atom. The van der Waals surface area contributed by atoms with E-state index in [0.717, 1.165) is 23.0 Å². The van der Waals surface area contributed by atoms with Gasteiger partial charge < -0.3 is 0 Å². The molecule has 5 nitrogen and oxygen atoms in total. The minimum Gasteiger partial charge on any atom is -0.218 e. The number of benzene rings is 1. The van der Waals surface area contributed by atoms with E-state index in [9.17, 15) is 0 Å². The molecule has 1 heterocycles. The van der Waals surface area contributed by atoms with Crippen molar-refractivity contribution in [1.82, 2.24) is 20.2 Å². The Bertz CT molecular complexity index is 503. The molecule has 17 heavy (non-hydrogen) atoms. The highest BCUT2D eigenvalue weighted by molar-refractivity contribution is 9.10. The molecule has 0 saturated heterocycles. The molecule has 0 bridgehead atoms. The van der Waals surface area contributed by atoms with Crippen LogP contribution >= 0.6 is 15.9 Å². The molecule has 0 aliphatic carbocycles. The topological polar surface area (TPSA) is 56.0 Å². The van der Waals surface area contributed by atoms with Gasteiger partial charge in [-0.05, 0) is 34.5 Å². The van der Waals surface area contributed by atoms with E-state index in [-0.39, 0.29) is 0 Å². The molecular weight excluding hydrogens is 282 g/mol. The molecule has 0 fully saturated rings. The first-order valence-corrected chi connectivity index (χ1v) is 6.14. The van der Waals surface area contributed by atoms with Crippen LogP contribution in [0, 0.1) is 0 Å². The lowest BCUT2D eigenvalue weighted by atomic mass is 10.2. The van der Waals surface area contributed by atoms with Crippen molar-refractivity contribution in [3.63, 3.8) is 0 Å². The van der Waals surface area contributed by atoms with E-state index >= 15 is 0 Å². The molecule has 1 aromatic carbocycles. The number of tetrazole rings is 1. The summed E-state index contributed by atoms with van der Waals surface area (Å²) in [6.07, 6.45) is 2.73. The SMILES string of the molecule is CCCn1nnnc1N=Cc1ccc(Br)cc1. The van der Waals surface area contributed by atoms with Gasteiger partial charge in [-0.15, -0.1) is 0 Å². The van der Waals surface area contributed by atoms with Gasteiger partial charge in [-0.25, -0.2) is 9.67 Å². The molecule has 6 heteroatoms. The van der Waals surface area contributed by atoms with Gasteiger partial charge in [0.25, 0.3) is 5.95 Å². The van der Waals surface area contributed by atoms with Crippen LogP contribution in [0.25, 0.3) is 0 Å². The van der Waals surface area contributed by atoms with Gasteiger partial charge in [-0.2, -0.15) is 0 Å². The second-order valence-electron chi connectivity index (χ2n) is 3.51. The molecule has 1 aromatic heterocycles. The number of rotatable bonds is 4. The van der Waals surface area contributed by atoms with E-state index < -0.39 is 0 Å². The third-order valence-electron chi connectivity index (χ3n) is 2.15. The number of halogens is 1. The minimum absolute atomic E-state index is 0.537. The Hall–Kier alpha value is -1.56. The van der Waals surface area contributed by atoms with Gasteiger partial charge in [0.2, 0.25) is 0 Å². The van der Waals surface area contributed by atoms with E-state index in [0.29, 0.717) is 5.95 Å². The first-order chi connectivity index (χ1) is 8.29. The molecule has 88 valence electrons. The minimum atomic E-state index is 0.537. The molecule has 2 aromatic rings. The van der Waals surface area contributed by atoms with Crippen molar-refractivity contribution in [3.05, 3.63) is 34.3 Å². The van der Waals surface area contributed by atoms with E-state index in [1.165, 1.54) is 0 Å². The molecule has 0 radical (unpaired) electrons. The Morgan fingerprint density at radius 2 is 2.12 bits per heavy atom. The number of hydrogen-bond donors (Lipinski definition) is 0. The molecule has 0 aliphatic heterocycles. The molecule has 0 unspecified atom stereocenters. The van der Waals surface area contributed by atoms with Crippen molar-refractivity contribution in [1.29, 1.82) is 0 Å². The quantitative estimate of drug-likeness (QED) is 0.814. The lowest BCUT2D eigenvalue weighted by Crippen LogP contribution is -1.98. The van der Waals surface area contributed by atoms with Crippen molar-refractivity contribution in [2.24, 2.45) is 4.99 Å². The summed E-state index contributed by atoms with van der Waals surface area (Å²) in [4.78, 5) is 4.27. The number of aromatic nitrogens is 4. The fourth-order valence-corrected chi connectivity index (χ4v) is 1.59. The number of nitrogens with zero attached hydrogens (tertiary/aromatic N) is 5. The van der Waals surface area contributed by atoms with Crippen molar-refractivity contribution in [3.8, 4) is 0 Å². The van der Waals surface area contributed by atoms with Crippen LogP contribution < -0.4 is 0 Å². The summed E-state index contributed by atoms with van der Waals surface area (Å²) in [5, 5.41) is 11.3. The normalized spacial score (nSPS) is 11.2. The van der Waals surface area contributed by atoms with E-state index in [2.05, 4.69) is 43.4 Å². The average Bonchev–Trinajstić information content (AvgIpc) is 2.77. The smallest absolute Gasteiger partial charge is 0.218 e. The third-order valence-corrected chi connectivity index (χ3v) is 2.68. The van der Waals surface area contributed by atoms with Crippen molar-refractivity contribution in [2.45, 2.75) is 19.9 Å². The second kappa shape index (κ2) is 5.67. The van der Waals surface area contributed by atoms with Crippen molar-refractivity contribution < 1.29 is 0 Å². The van der Waals surface area contributed by atoms with Crippen LogP contribution in [0.3, 0.4) is 0 Å². The zero-order chi connectivity index (χ0) is 12.1. The van der Waals surface area contributed by atoms with Crippen LogP contribution in [0.4, 0.5) is 5.95 Å². The van der Waals surface area contributed by atoms with Crippen LogP contribution in [0.2, 0.25) is 0 Å². The molecule has 0 N–H and O–H groups in total. The molecular formula is C11H12BrN5. The second-order valence-corrected chi connectivity index (χ2v) is 4.43. The van der Waals surface area contributed by atoms with E-state index in [1.807, 2.05) is 24.3 Å². The Kier molecular flexibility index (Phi) is 3.98. The molecule has 0 atom stereocenters. The van der Waals surface area contributed by atoms with E-state index in [4.69, 9.17) is 0 Å². The fraction of sp³-hybridized carbons (Fsp3) is 0.273. The van der Waals surface area contributed by atoms with Gasteiger partial charge in [0, 0.05) is 17.2 Å². The van der Waals surface area contributed by atoms with E-state index in [1.54, 1.807) is 10.9 Å². The van der Waals surface area contributed by atoms with Crippen LogP contribution in [-0.4, -0.2) is 26.4 Å². The summed E-state index contributed by atoms with van der Waals surface area (Å²) < 4.78 is 2.74. The van der Waals surface area contributed by atoms with Gasteiger partial charge >= 0.3 is 0 Å². The number of aliphatic imine (C=N–C) groups is 1. The van der Waals surface area contributed by atoms with Crippen molar-refractivity contribution >= 4 is 28.1 Å². The highest BCUT2D eigenvalue weighted by atomic mass is 79.9. The number of hydrogen-bond acceptors (Lipinski definition) is 4. The monoisotopic (exact) mass is 293 g/mol. The predicted octanol–water partition coefficient (Wildman–Crippen LogP) is 2.60. The zero-order valence-corrected chi connectivity index (χ0v) is 11.0. The lowest BCUT2D eigenvalue weighted by Gasteiger charge is -1.97. The Morgan fingerprint density at radius 3 is 2.82 bits per heavy atom. The zero-order valence-electron chi connectivity index (χ0n) is 9.41. The molecule has 0 saturated carbocycles. The highest BCUT2D eigenvalue weighted by Crippen LogP contribution is 2.10. The maximum Gasteiger partial charge on any atom is 0.269 e. The largest absolute Gasteiger partial charge is 0.269 e. The lowest BCUT2D eigenvalue weighted by molar-refractivity contribution is 0.582. The molecule has 0 amide bonds. The molecule has 0 aliphatic rings. The summed E-state index contributed by atoms with van der Waals surface area (Å²) in [5.74, 6) is 0.537. The number of aryl methyl sites for hydroxylation is 1. The summed E-state index contributed by atoms with van der Waals surface area (Å²) in [6.45, 7) is 2.85. The van der Waals surface area contributed by atoms with Crippen LogP contribution in [-0.2, 0) is 6.54 Å². The Labute approximate surface area is 108 Å². The summed E-state index contributed by atoms with van der Waals surface area (Å²) >= 11 is 3.39. The molecule has 0 spiro atoms. The fourth-order valence-electron chi connectivity index (χ4n) is 1.33. The van der Waals surface area contributed by atoms with Crippen LogP contribution in [0.1, 0.15) is 18.9 Å². The first-order valence-electron chi connectivity index (χ1n) is 5.35. The van der Waals surface area contributed by atoms with Gasteiger partial charge in [0.05, 0.1) is 0 Å². The summed E-state index contributed by atoms with van der Waals surface area (Å²) in [5.41, 5.74) is 1.01. The van der Waals surface area contributed by atoms with Gasteiger partial charge in [0.15, 0.2) is 0 Å². The predicted molar refractivity (Wildman–Crippen MR) is 69.5 cm³/mol. The first kappa shape index (κ1) is 11.9. The summed E-state index contributed by atoms with van der Waals surface area (Å²) in [6, 6.07) is 7.88. The van der Waals surface area contributed by atoms with Gasteiger partial charge in [0.1, 0.15) is 0 Å². The maximum atomic E-state index is 4.27. The molecule has 2 rings (SSSR count). The standard InChI is InChI=1S/C11H12BrN5/c1-2-7-17-11(14-15-16-17)13-8-9-3-5-10(12)6-4-9/h3-6,8H,2,7H2,1H3. The Balaban J connectivity index is 2.14. The highest BCUT2D eigenvalue weighted by Gasteiger charge is 2.01. The van der Waals surface area contributed by atoms with Crippen LogP contribution in [0.15, 0.2) is 33.7 Å². The average molecular weight is 294 g/mol. The van der Waals surface area contributed by atoms with Gasteiger partial charge in [-0.3, -0.25) is 0 Å².